The van der Waals surface area contributed by atoms with Crippen molar-refractivity contribution >= 4 is 34.8 Å². The van der Waals surface area contributed by atoms with Crippen molar-refractivity contribution in [2.45, 2.75) is 6.92 Å². The minimum atomic E-state index is -0.545. The topological polar surface area (TPSA) is 92.6 Å². The summed E-state index contributed by atoms with van der Waals surface area (Å²) in [6, 6.07) is 10.9. The number of anilines is 1. The van der Waals surface area contributed by atoms with Crippen LogP contribution < -0.4 is 5.32 Å². The number of benzene rings is 2. The number of halogens is 1. The number of nitro benzene ring substituents is 1. The molecule has 0 saturated carbocycles. The molecule has 0 aliphatic heterocycles. The average molecular weight is 362 g/mol. The fourth-order valence-corrected chi connectivity index (χ4v) is 2.38. The highest BCUT2D eigenvalue weighted by atomic mass is 35.5. The molecule has 0 aromatic heterocycles. The molecule has 0 saturated heterocycles. The van der Waals surface area contributed by atoms with E-state index in [1.807, 2.05) is 0 Å². The summed E-state index contributed by atoms with van der Waals surface area (Å²) >= 11 is 5.97. The van der Waals surface area contributed by atoms with Gasteiger partial charge in [0.15, 0.2) is 0 Å². The first-order valence-electron chi connectivity index (χ1n) is 7.34. The molecule has 2 aromatic carbocycles. The van der Waals surface area contributed by atoms with Crippen LogP contribution in [0.3, 0.4) is 0 Å². The summed E-state index contributed by atoms with van der Waals surface area (Å²) in [5, 5.41) is 14.0. The maximum absolute atomic E-state index is 12.4. The zero-order valence-corrected chi connectivity index (χ0v) is 14.4. The van der Waals surface area contributed by atoms with Crippen LogP contribution in [-0.4, -0.2) is 35.2 Å². The van der Waals surface area contributed by atoms with Gasteiger partial charge in [0.05, 0.1) is 22.2 Å². The van der Waals surface area contributed by atoms with E-state index in [-0.39, 0.29) is 17.8 Å². The number of nitrogens with zero attached hydrogens (tertiary/aromatic N) is 2. The summed E-state index contributed by atoms with van der Waals surface area (Å²) in [5.41, 5.74) is 0.909. The van der Waals surface area contributed by atoms with E-state index in [1.54, 1.807) is 31.2 Å². The number of para-hydroxylation sites is 1. The Bertz CT molecular complexity index is 838. The van der Waals surface area contributed by atoms with Crippen molar-refractivity contribution in [3.8, 4) is 0 Å². The number of carbonyl (C=O) groups is 2. The fraction of sp³-hybridized carbons (Fsp3) is 0.176. The predicted molar refractivity (Wildman–Crippen MR) is 94.9 cm³/mol. The van der Waals surface area contributed by atoms with Gasteiger partial charge in [0.25, 0.3) is 11.6 Å². The molecule has 0 unspecified atom stereocenters. The lowest BCUT2D eigenvalue weighted by Gasteiger charge is -2.17. The Morgan fingerprint density at radius 3 is 2.56 bits per heavy atom. The Hall–Kier alpha value is -2.93. The molecule has 0 bridgehead atoms. The Morgan fingerprint density at radius 2 is 1.92 bits per heavy atom. The molecule has 0 fully saturated rings. The molecule has 0 atom stereocenters. The molecule has 1 N–H and O–H groups in total. The van der Waals surface area contributed by atoms with E-state index in [0.717, 1.165) is 0 Å². The van der Waals surface area contributed by atoms with Crippen molar-refractivity contribution in [1.29, 1.82) is 0 Å². The monoisotopic (exact) mass is 361 g/mol. The number of amides is 2. The van der Waals surface area contributed by atoms with Crippen molar-refractivity contribution < 1.29 is 14.5 Å². The smallest absolute Gasteiger partial charge is 0.273 e. The lowest BCUT2D eigenvalue weighted by molar-refractivity contribution is -0.385. The highest BCUT2D eigenvalue weighted by Crippen LogP contribution is 2.21. The Kier molecular flexibility index (Phi) is 5.71. The molecule has 0 aliphatic carbocycles. The van der Waals surface area contributed by atoms with Gasteiger partial charge < -0.3 is 10.2 Å². The van der Waals surface area contributed by atoms with Gasteiger partial charge in [-0.1, -0.05) is 29.8 Å². The number of aryl methyl sites for hydroxylation is 1. The highest BCUT2D eigenvalue weighted by molar-refractivity contribution is 6.33. The summed E-state index contributed by atoms with van der Waals surface area (Å²) in [6.45, 7) is 1.37. The molecule has 2 aromatic rings. The first-order chi connectivity index (χ1) is 11.8. The van der Waals surface area contributed by atoms with Crippen LogP contribution >= 0.6 is 11.6 Å². The van der Waals surface area contributed by atoms with E-state index in [4.69, 9.17) is 11.6 Å². The van der Waals surface area contributed by atoms with Crippen molar-refractivity contribution in [1.82, 2.24) is 4.90 Å². The van der Waals surface area contributed by atoms with Gasteiger partial charge in [0.1, 0.15) is 0 Å². The second-order valence-electron chi connectivity index (χ2n) is 5.45. The Morgan fingerprint density at radius 1 is 1.24 bits per heavy atom. The van der Waals surface area contributed by atoms with E-state index in [2.05, 4.69) is 5.32 Å². The van der Waals surface area contributed by atoms with Gasteiger partial charge in [0.2, 0.25) is 5.91 Å². The van der Waals surface area contributed by atoms with Gasteiger partial charge >= 0.3 is 0 Å². The molecule has 2 rings (SSSR count). The molecule has 0 spiro atoms. The van der Waals surface area contributed by atoms with Crippen molar-refractivity contribution in [2.24, 2.45) is 0 Å². The number of hydrogen-bond donors (Lipinski definition) is 1. The molecular weight excluding hydrogens is 346 g/mol. The molecule has 130 valence electrons. The molecule has 7 nitrogen and oxygen atoms in total. The summed E-state index contributed by atoms with van der Waals surface area (Å²) in [6.07, 6.45) is 0. The van der Waals surface area contributed by atoms with Gasteiger partial charge in [-0.3, -0.25) is 19.7 Å². The third-order valence-electron chi connectivity index (χ3n) is 3.53. The van der Waals surface area contributed by atoms with Crippen LogP contribution in [0, 0.1) is 17.0 Å². The summed E-state index contributed by atoms with van der Waals surface area (Å²) in [4.78, 5) is 36.1. The molecule has 0 aliphatic rings. The van der Waals surface area contributed by atoms with Crippen molar-refractivity contribution in [3.05, 3.63) is 68.7 Å². The first kappa shape index (κ1) is 18.4. The summed E-state index contributed by atoms with van der Waals surface area (Å²) < 4.78 is 0. The second kappa shape index (κ2) is 7.76. The number of carbonyl (C=O) groups excluding carboxylic acids is 2. The van der Waals surface area contributed by atoms with Gasteiger partial charge in [-0.2, -0.15) is 0 Å². The molecule has 0 heterocycles. The van der Waals surface area contributed by atoms with E-state index in [9.17, 15) is 19.7 Å². The highest BCUT2D eigenvalue weighted by Gasteiger charge is 2.19. The van der Waals surface area contributed by atoms with Crippen LogP contribution in [0.5, 0.6) is 0 Å². The third-order valence-corrected chi connectivity index (χ3v) is 3.86. The molecule has 8 heteroatoms. The Labute approximate surface area is 149 Å². The van der Waals surface area contributed by atoms with Gasteiger partial charge in [-0.15, -0.1) is 0 Å². The number of likely N-dealkylation sites (N-methyl/N-ethyl adjacent to an activating group) is 1. The zero-order chi connectivity index (χ0) is 18.6. The van der Waals surface area contributed by atoms with E-state index < -0.39 is 16.7 Å². The molecular formula is C17H16ClN3O4. The fourth-order valence-electron chi connectivity index (χ4n) is 2.20. The van der Waals surface area contributed by atoms with Crippen LogP contribution in [0.25, 0.3) is 0 Å². The summed E-state index contributed by atoms with van der Waals surface area (Å²) in [7, 11) is 1.44. The quantitative estimate of drug-likeness (QED) is 0.653. The summed E-state index contributed by atoms with van der Waals surface area (Å²) in [5.74, 6) is -0.914. The van der Waals surface area contributed by atoms with Crippen LogP contribution in [-0.2, 0) is 4.79 Å². The zero-order valence-electron chi connectivity index (χ0n) is 13.7. The van der Waals surface area contributed by atoms with Gasteiger partial charge in [-0.25, -0.2) is 0 Å². The minimum absolute atomic E-state index is 0.139. The van der Waals surface area contributed by atoms with Crippen LogP contribution in [0.15, 0.2) is 42.5 Å². The average Bonchev–Trinajstić information content (AvgIpc) is 2.56. The Balaban J connectivity index is 2.07. The number of nitro groups is 1. The number of rotatable bonds is 5. The third kappa shape index (κ3) is 4.54. The van der Waals surface area contributed by atoms with E-state index in [0.29, 0.717) is 16.3 Å². The number of hydrogen-bond acceptors (Lipinski definition) is 4. The SMILES string of the molecule is Cc1ccc(C(=O)N(C)CC(=O)Nc2ccccc2Cl)cc1[N+](=O)[O-]. The van der Waals surface area contributed by atoms with Gasteiger partial charge in [0, 0.05) is 24.2 Å². The second-order valence-corrected chi connectivity index (χ2v) is 5.85. The van der Waals surface area contributed by atoms with Gasteiger partial charge in [-0.05, 0) is 25.1 Å². The first-order valence-corrected chi connectivity index (χ1v) is 7.72. The maximum atomic E-state index is 12.4. The van der Waals surface area contributed by atoms with Crippen molar-refractivity contribution in [2.75, 3.05) is 18.9 Å². The van der Waals surface area contributed by atoms with Crippen LogP contribution in [0.1, 0.15) is 15.9 Å². The van der Waals surface area contributed by atoms with E-state index >= 15 is 0 Å². The molecule has 0 radical (unpaired) electrons. The lowest BCUT2D eigenvalue weighted by atomic mass is 10.1. The largest absolute Gasteiger partial charge is 0.332 e. The van der Waals surface area contributed by atoms with Crippen LogP contribution in [0.2, 0.25) is 5.02 Å². The normalized spacial score (nSPS) is 10.2. The number of nitrogens with one attached hydrogen (secondary N) is 1. The standard InChI is InChI=1S/C17H16ClN3O4/c1-11-7-8-12(9-15(11)21(24)25)17(23)20(2)10-16(22)19-14-6-4-3-5-13(14)18/h3-9H,10H2,1-2H3,(H,19,22). The minimum Gasteiger partial charge on any atom is -0.332 e. The van der Waals surface area contributed by atoms with Crippen LogP contribution in [0.4, 0.5) is 11.4 Å². The molecule has 25 heavy (non-hydrogen) atoms. The lowest BCUT2D eigenvalue weighted by Crippen LogP contribution is -2.35. The molecule has 2 amide bonds. The van der Waals surface area contributed by atoms with E-state index in [1.165, 1.54) is 30.1 Å². The predicted octanol–water partition coefficient (Wildman–Crippen LogP) is 3.27. The maximum Gasteiger partial charge on any atom is 0.273 e. The van der Waals surface area contributed by atoms with Crippen molar-refractivity contribution in [3.63, 3.8) is 0 Å².